The number of ether oxygens (including phenoxy) is 4. The van der Waals surface area contributed by atoms with Gasteiger partial charge in [0.1, 0.15) is 36.8 Å². The zero-order valence-corrected chi connectivity index (χ0v) is 39.4. The lowest BCUT2D eigenvalue weighted by molar-refractivity contribution is -0.297. The number of carbonyl (C=O) groups is 2. The van der Waals surface area contributed by atoms with Crippen LogP contribution in [0, 0.1) is 0 Å². The molecule has 0 aromatic carbocycles. The SMILES string of the molecule is CC/C=C/C/C=C/C/C=C/C/C=C/C/C=C/CCCC(=O)OC[C@H](CO[C@H]1O[C@H](CS(=O)(=O)O)[C@@H](O)C(O)C1O)OC(=O)CCCCC/C=C/C/C=C/C/C=C/C/C=C/CCCCC. The van der Waals surface area contributed by atoms with Crippen LogP contribution >= 0.6 is 0 Å². The van der Waals surface area contributed by atoms with Crippen molar-refractivity contribution in [2.45, 2.75) is 179 Å². The molecule has 0 aromatic rings. The summed E-state index contributed by atoms with van der Waals surface area (Å²) in [7, 11) is -4.62. The summed E-state index contributed by atoms with van der Waals surface area (Å²) in [5.74, 6) is -2.12. The molecule has 13 heteroatoms. The molecule has 1 saturated heterocycles. The van der Waals surface area contributed by atoms with Crippen molar-refractivity contribution in [3.8, 4) is 0 Å². The molecule has 0 saturated carbocycles. The Kier molecular flexibility index (Phi) is 36.1. The van der Waals surface area contributed by atoms with E-state index in [9.17, 15) is 37.9 Å². The van der Waals surface area contributed by atoms with Gasteiger partial charge in [0, 0.05) is 12.8 Å². The summed E-state index contributed by atoms with van der Waals surface area (Å²) in [6, 6.07) is 0. The van der Waals surface area contributed by atoms with E-state index in [2.05, 4.69) is 111 Å². The van der Waals surface area contributed by atoms with E-state index in [1.807, 2.05) is 12.2 Å². The van der Waals surface area contributed by atoms with Crippen molar-refractivity contribution >= 4 is 22.1 Å². The monoisotopic (exact) mass is 917 g/mol. The first kappa shape index (κ1) is 58.3. The van der Waals surface area contributed by atoms with Crippen molar-refractivity contribution < 1.29 is 56.8 Å². The lowest BCUT2D eigenvalue weighted by Gasteiger charge is -2.40. The number of hydrogen-bond donors (Lipinski definition) is 4. The van der Waals surface area contributed by atoms with Crippen LogP contribution in [0.5, 0.6) is 0 Å². The highest BCUT2D eigenvalue weighted by Gasteiger charge is 2.46. The van der Waals surface area contributed by atoms with Gasteiger partial charge in [0.15, 0.2) is 12.4 Å². The van der Waals surface area contributed by atoms with Crippen LogP contribution < -0.4 is 0 Å². The van der Waals surface area contributed by atoms with Crippen molar-refractivity contribution in [1.82, 2.24) is 0 Å². The lowest BCUT2D eigenvalue weighted by atomic mass is 10.00. The summed E-state index contributed by atoms with van der Waals surface area (Å²) in [4.78, 5) is 25.4. The minimum Gasteiger partial charge on any atom is -0.462 e. The summed E-state index contributed by atoms with van der Waals surface area (Å²) in [6.07, 6.45) is 45.6. The third kappa shape index (κ3) is 33.8. The molecule has 0 bridgehead atoms. The van der Waals surface area contributed by atoms with Gasteiger partial charge >= 0.3 is 11.9 Å². The molecule has 0 amide bonds. The van der Waals surface area contributed by atoms with Gasteiger partial charge in [0.25, 0.3) is 10.1 Å². The Morgan fingerprint density at radius 2 is 1.00 bits per heavy atom. The van der Waals surface area contributed by atoms with Crippen LogP contribution in [-0.2, 0) is 38.7 Å². The van der Waals surface area contributed by atoms with E-state index in [0.29, 0.717) is 19.3 Å². The highest BCUT2D eigenvalue weighted by molar-refractivity contribution is 7.85. The van der Waals surface area contributed by atoms with Gasteiger partial charge in [-0.25, -0.2) is 0 Å². The minimum atomic E-state index is -4.62. The van der Waals surface area contributed by atoms with Crippen LogP contribution in [0.15, 0.2) is 109 Å². The van der Waals surface area contributed by atoms with Gasteiger partial charge in [-0.1, -0.05) is 142 Å². The molecule has 12 nitrogen and oxygen atoms in total. The fourth-order valence-electron chi connectivity index (χ4n) is 6.22. The van der Waals surface area contributed by atoms with E-state index < -0.39 is 71.2 Å². The van der Waals surface area contributed by atoms with Gasteiger partial charge in [0.2, 0.25) is 0 Å². The van der Waals surface area contributed by atoms with Crippen molar-refractivity contribution in [2.24, 2.45) is 0 Å². The third-order valence-corrected chi connectivity index (χ3v) is 10.6. The number of rotatable bonds is 37. The quantitative estimate of drug-likeness (QED) is 0.0200. The predicted molar refractivity (Wildman–Crippen MR) is 256 cm³/mol. The van der Waals surface area contributed by atoms with Gasteiger partial charge in [-0.05, 0) is 96.3 Å². The smallest absolute Gasteiger partial charge is 0.306 e. The van der Waals surface area contributed by atoms with Crippen molar-refractivity contribution in [2.75, 3.05) is 19.0 Å². The Labute approximate surface area is 385 Å². The minimum absolute atomic E-state index is 0.107. The molecule has 1 aliphatic rings. The molecule has 6 atom stereocenters. The summed E-state index contributed by atoms with van der Waals surface area (Å²) in [6.45, 7) is 3.53. The van der Waals surface area contributed by atoms with Crippen LogP contribution in [0.2, 0.25) is 0 Å². The van der Waals surface area contributed by atoms with Crippen LogP contribution in [-0.4, -0.2) is 96.0 Å². The van der Waals surface area contributed by atoms with Crippen LogP contribution in [0.4, 0.5) is 0 Å². The zero-order valence-electron chi connectivity index (χ0n) is 38.6. The lowest BCUT2D eigenvalue weighted by Crippen LogP contribution is -2.60. The highest BCUT2D eigenvalue weighted by atomic mass is 32.2. The van der Waals surface area contributed by atoms with Crippen LogP contribution in [0.25, 0.3) is 0 Å². The Hall–Kier alpha value is -3.69. The second-order valence-electron chi connectivity index (χ2n) is 15.7. The molecule has 1 aliphatic heterocycles. The maximum absolute atomic E-state index is 12.8. The number of aliphatic hydroxyl groups excluding tert-OH is 3. The summed E-state index contributed by atoms with van der Waals surface area (Å²) < 4.78 is 54.0. The van der Waals surface area contributed by atoms with Crippen molar-refractivity contribution in [3.05, 3.63) is 109 Å². The maximum Gasteiger partial charge on any atom is 0.306 e. The van der Waals surface area contributed by atoms with Gasteiger partial charge in [-0.3, -0.25) is 14.1 Å². The molecule has 64 heavy (non-hydrogen) atoms. The first-order chi connectivity index (χ1) is 31.0. The normalized spacial score (nSPS) is 20.6. The fourth-order valence-corrected chi connectivity index (χ4v) is 6.91. The van der Waals surface area contributed by atoms with E-state index >= 15 is 0 Å². The largest absolute Gasteiger partial charge is 0.462 e. The third-order valence-electron chi connectivity index (χ3n) is 9.84. The van der Waals surface area contributed by atoms with E-state index in [1.165, 1.54) is 19.3 Å². The van der Waals surface area contributed by atoms with E-state index in [-0.39, 0.29) is 19.4 Å². The Morgan fingerprint density at radius 1 is 0.547 bits per heavy atom. The molecule has 4 N–H and O–H groups in total. The predicted octanol–water partition coefficient (Wildman–Crippen LogP) is 10.0. The second kappa shape index (κ2) is 39.7. The maximum atomic E-state index is 12.8. The number of aliphatic hydroxyl groups is 3. The van der Waals surface area contributed by atoms with Crippen LogP contribution in [0.3, 0.4) is 0 Å². The number of unbranched alkanes of at least 4 members (excludes halogenated alkanes) is 7. The van der Waals surface area contributed by atoms with E-state index in [0.717, 1.165) is 77.0 Å². The molecule has 0 radical (unpaired) electrons. The molecule has 0 aromatic heterocycles. The van der Waals surface area contributed by atoms with Crippen LogP contribution in [0.1, 0.15) is 142 Å². The van der Waals surface area contributed by atoms with E-state index in [4.69, 9.17) is 18.9 Å². The molecule has 1 heterocycles. The number of esters is 2. The summed E-state index contributed by atoms with van der Waals surface area (Å²) >= 11 is 0. The Bertz CT molecular complexity index is 1590. The average molecular weight is 917 g/mol. The number of allylic oxidation sites excluding steroid dienone is 18. The Balaban J connectivity index is 2.51. The van der Waals surface area contributed by atoms with Crippen molar-refractivity contribution in [1.29, 1.82) is 0 Å². The molecule has 1 rings (SSSR count). The molecular formula is C51H80O12S. The fraction of sp³-hybridized carbons (Fsp3) is 0.608. The molecule has 0 spiro atoms. The van der Waals surface area contributed by atoms with Gasteiger partial charge in [-0.2, -0.15) is 8.42 Å². The summed E-state index contributed by atoms with van der Waals surface area (Å²) in [5.41, 5.74) is 0. The molecule has 1 fully saturated rings. The van der Waals surface area contributed by atoms with Gasteiger partial charge in [0.05, 0.1) is 6.61 Å². The second-order valence-corrected chi connectivity index (χ2v) is 17.2. The average Bonchev–Trinajstić information content (AvgIpc) is 3.26. The Morgan fingerprint density at radius 3 is 1.48 bits per heavy atom. The number of hydrogen-bond acceptors (Lipinski definition) is 11. The van der Waals surface area contributed by atoms with Crippen molar-refractivity contribution in [3.63, 3.8) is 0 Å². The molecule has 0 aliphatic carbocycles. The molecule has 2 unspecified atom stereocenters. The first-order valence-electron chi connectivity index (χ1n) is 23.4. The highest BCUT2D eigenvalue weighted by Crippen LogP contribution is 2.24. The standard InChI is InChI=1S/C51H80O12S/c1-3-5-7-9-11-13-15-17-19-21-22-24-26-28-30-32-34-36-38-40-47(53)62-44(42-61-51-50(56)49(55)48(54)45(63-51)43-64(57,58)59)41-60-46(52)39-37-35-33-31-29-27-25-23-20-18-16-14-12-10-8-6-4-2/h6,8,11-14,17-20,22,24-25,27-28,30-31,33,44-45,48-51,54-56H,3-5,7,9-10,15-16,21,23,26,29,32,34-43H2,1-2H3,(H,57,58,59)/b8-6+,13-11+,14-12+,19-17+,20-18+,24-22+,27-25+,30-28+,33-31+/t44-,45-,48-,49?,50?,51+/m1/s1. The summed E-state index contributed by atoms with van der Waals surface area (Å²) in [5, 5.41) is 30.9. The number of carbonyl (C=O) groups excluding carboxylic acids is 2. The topological polar surface area (TPSA) is 186 Å². The van der Waals surface area contributed by atoms with Gasteiger partial charge in [-0.15, -0.1) is 0 Å². The molecule has 362 valence electrons. The zero-order chi connectivity index (χ0) is 46.9. The first-order valence-corrected chi connectivity index (χ1v) is 25.1. The van der Waals surface area contributed by atoms with Gasteiger partial charge < -0.3 is 34.3 Å². The van der Waals surface area contributed by atoms with E-state index in [1.54, 1.807) is 0 Å². The molecular weight excluding hydrogens is 837 g/mol.